The Bertz CT molecular complexity index is 628. The molecule has 2 rings (SSSR count). The lowest BCUT2D eigenvalue weighted by Crippen LogP contribution is -2.33. The van der Waals surface area contributed by atoms with Crippen LogP contribution in [0.1, 0.15) is 25.8 Å². The molecule has 0 aliphatic rings. The topological polar surface area (TPSA) is 32.3 Å². The van der Waals surface area contributed by atoms with E-state index in [-0.39, 0.29) is 5.91 Å². The van der Waals surface area contributed by atoms with Gasteiger partial charge in [0.25, 0.3) is 0 Å². The number of hydrogen-bond donors (Lipinski definition) is 1. The fraction of sp³-hybridized carbons (Fsp3) is 0.316. The van der Waals surface area contributed by atoms with Gasteiger partial charge in [0, 0.05) is 30.0 Å². The molecule has 0 spiro atoms. The summed E-state index contributed by atoms with van der Waals surface area (Å²) in [5.41, 5.74) is 2.09. The monoisotopic (exact) mass is 374 g/mol. The SMILES string of the molecule is CC(C)N(CCC(=O)Nc1ccccc1Br)Cc1ccccc1. The largest absolute Gasteiger partial charge is 0.325 e. The van der Waals surface area contributed by atoms with Crippen LogP contribution in [0.3, 0.4) is 0 Å². The molecular formula is C19H23BrN2O. The van der Waals surface area contributed by atoms with Crippen molar-refractivity contribution in [2.45, 2.75) is 32.9 Å². The molecule has 2 aromatic rings. The highest BCUT2D eigenvalue weighted by atomic mass is 79.9. The molecule has 0 saturated carbocycles. The van der Waals surface area contributed by atoms with E-state index in [1.807, 2.05) is 42.5 Å². The lowest BCUT2D eigenvalue weighted by molar-refractivity contribution is -0.116. The minimum atomic E-state index is 0.0376. The van der Waals surface area contributed by atoms with Gasteiger partial charge in [0.1, 0.15) is 0 Å². The van der Waals surface area contributed by atoms with E-state index in [1.54, 1.807) is 0 Å². The number of anilines is 1. The molecule has 0 aromatic heterocycles. The lowest BCUT2D eigenvalue weighted by Gasteiger charge is -2.26. The van der Waals surface area contributed by atoms with Crippen molar-refractivity contribution in [3.8, 4) is 0 Å². The van der Waals surface area contributed by atoms with Crippen LogP contribution >= 0.6 is 15.9 Å². The summed E-state index contributed by atoms with van der Waals surface area (Å²) in [5.74, 6) is 0.0376. The van der Waals surface area contributed by atoms with Crippen LogP contribution < -0.4 is 5.32 Å². The van der Waals surface area contributed by atoms with E-state index in [4.69, 9.17) is 0 Å². The molecule has 1 N–H and O–H groups in total. The van der Waals surface area contributed by atoms with Gasteiger partial charge in [-0.25, -0.2) is 0 Å². The summed E-state index contributed by atoms with van der Waals surface area (Å²) in [6.45, 7) is 5.92. The van der Waals surface area contributed by atoms with Crippen molar-refractivity contribution in [3.05, 3.63) is 64.6 Å². The lowest BCUT2D eigenvalue weighted by atomic mass is 10.2. The molecule has 4 heteroatoms. The molecule has 0 radical (unpaired) electrons. The second kappa shape index (κ2) is 8.85. The molecule has 0 atom stereocenters. The van der Waals surface area contributed by atoms with Crippen molar-refractivity contribution in [1.29, 1.82) is 0 Å². The van der Waals surface area contributed by atoms with Crippen molar-refractivity contribution >= 4 is 27.5 Å². The Morgan fingerprint density at radius 1 is 1.09 bits per heavy atom. The van der Waals surface area contributed by atoms with Gasteiger partial charge in [-0.1, -0.05) is 42.5 Å². The molecule has 0 unspecified atom stereocenters. The zero-order chi connectivity index (χ0) is 16.7. The van der Waals surface area contributed by atoms with Crippen molar-refractivity contribution in [1.82, 2.24) is 4.90 Å². The van der Waals surface area contributed by atoms with Crippen LogP contribution in [0.2, 0.25) is 0 Å². The Morgan fingerprint density at radius 3 is 2.39 bits per heavy atom. The van der Waals surface area contributed by atoms with Gasteiger partial charge in [0.2, 0.25) is 5.91 Å². The molecule has 0 bridgehead atoms. The first kappa shape index (κ1) is 17.7. The summed E-state index contributed by atoms with van der Waals surface area (Å²) in [5, 5.41) is 2.96. The Kier molecular flexibility index (Phi) is 6.81. The number of para-hydroxylation sites is 1. The second-order valence-electron chi connectivity index (χ2n) is 5.83. The fourth-order valence-electron chi connectivity index (χ4n) is 2.36. The predicted octanol–water partition coefficient (Wildman–Crippen LogP) is 4.69. The second-order valence-corrected chi connectivity index (χ2v) is 6.68. The number of benzene rings is 2. The third kappa shape index (κ3) is 5.81. The highest BCUT2D eigenvalue weighted by Crippen LogP contribution is 2.21. The molecule has 1 amide bonds. The smallest absolute Gasteiger partial charge is 0.225 e. The van der Waals surface area contributed by atoms with Crippen LogP contribution in [0.25, 0.3) is 0 Å². The molecule has 2 aromatic carbocycles. The first-order valence-corrected chi connectivity index (χ1v) is 8.68. The maximum absolute atomic E-state index is 12.2. The van der Waals surface area contributed by atoms with Crippen molar-refractivity contribution < 1.29 is 4.79 Å². The van der Waals surface area contributed by atoms with Crippen molar-refractivity contribution in [3.63, 3.8) is 0 Å². The molecule has 0 aliphatic heterocycles. The summed E-state index contributed by atoms with van der Waals surface area (Å²) < 4.78 is 0.901. The van der Waals surface area contributed by atoms with E-state index in [9.17, 15) is 4.79 Å². The van der Waals surface area contributed by atoms with Crippen LogP contribution in [-0.2, 0) is 11.3 Å². The van der Waals surface area contributed by atoms with Crippen molar-refractivity contribution in [2.24, 2.45) is 0 Å². The standard InChI is InChI=1S/C19H23BrN2O/c1-15(2)22(14-16-8-4-3-5-9-16)13-12-19(23)21-18-11-7-6-10-17(18)20/h3-11,15H,12-14H2,1-2H3,(H,21,23). The van der Waals surface area contributed by atoms with E-state index in [2.05, 4.69) is 52.1 Å². The van der Waals surface area contributed by atoms with Gasteiger partial charge in [-0.3, -0.25) is 9.69 Å². The molecule has 122 valence electrons. The molecule has 0 aliphatic carbocycles. The van der Waals surface area contributed by atoms with Gasteiger partial charge < -0.3 is 5.32 Å². The third-order valence-electron chi connectivity index (χ3n) is 3.73. The number of halogens is 1. The third-order valence-corrected chi connectivity index (χ3v) is 4.42. The first-order valence-electron chi connectivity index (χ1n) is 7.88. The summed E-state index contributed by atoms with van der Waals surface area (Å²) in [7, 11) is 0. The van der Waals surface area contributed by atoms with Gasteiger partial charge in [-0.15, -0.1) is 0 Å². The van der Waals surface area contributed by atoms with E-state index in [0.29, 0.717) is 12.5 Å². The minimum Gasteiger partial charge on any atom is -0.325 e. The molecule has 0 saturated heterocycles. The Labute approximate surface area is 146 Å². The summed E-state index contributed by atoms with van der Waals surface area (Å²) in [6.07, 6.45) is 0.479. The maximum Gasteiger partial charge on any atom is 0.225 e. The number of rotatable bonds is 7. The number of hydrogen-bond acceptors (Lipinski definition) is 2. The Hall–Kier alpha value is -1.65. The molecular weight excluding hydrogens is 352 g/mol. The van der Waals surface area contributed by atoms with E-state index < -0.39 is 0 Å². The molecule has 3 nitrogen and oxygen atoms in total. The van der Waals surface area contributed by atoms with Gasteiger partial charge in [0.15, 0.2) is 0 Å². The number of nitrogens with one attached hydrogen (secondary N) is 1. The van der Waals surface area contributed by atoms with Gasteiger partial charge in [0.05, 0.1) is 5.69 Å². The molecule has 0 fully saturated rings. The number of nitrogens with zero attached hydrogens (tertiary/aromatic N) is 1. The average Bonchev–Trinajstić information content (AvgIpc) is 2.54. The first-order chi connectivity index (χ1) is 11.1. The Balaban J connectivity index is 1.88. The number of carbonyl (C=O) groups excluding carboxylic acids is 1. The normalized spacial score (nSPS) is 11.0. The van der Waals surface area contributed by atoms with E-state index >= 15 is 0 Å². The van der Waals surface area contributed by atoms with Crippen molar-refractivity contribution in [2.75, 3.05) is 11.9 Å². The zero-order valence-electron chi connectivity index (χ0n) is 13.6. The van der Waals surface area contributed by atoms with Gasteiger partial charge in [-0.2, -0.15) is 0 Å². The molecule has 0 heterocycles. The van der Waals surface area contributed by atoms with Crippen LogP contribution in [0.15, 0.2) is 59.1 Å². The quantitative estimate of drug-likeness (QED) is 0.762. The summed E-state index contributed by atoms with van der Waals surface area (Å²) in [6, 6.07) is 18.4. The van der Waals surface area contributed by atoms with Crippen LogP contribution in [0.5, 0.6) is 0 Å². The van der Waals surface area contributed by atoms with Crippen LogP contribution in [0.4, 0.5) is 5.69 Å². The van der Waals surface area contributed by atoms with Crippen LogP contribution in [0, 0.1) is 0 Å². The number of carbonyl (C=O) groups is 1. The van der Waals surface area contributed by atoms with E-state index in [1.165, 1.54) is 5.56 Å². The molecule has 23 heavy (non-hydrogen) atoms. The number of amides is 1. The fourth-order valence-corrected chi connectivity index (χ4v) is 2.74. The maximum atomic E-state index is 12.2. The predicted molar refractivity (Wildman–Crippen MR) is 99.4 cm³/mol. The average molecular weight is 375 g/mol. The minimum absolute atomic E-state index is 0.0376. The van der Waals surface area contributed by atoms with E-state index in [0.717, 1.165) is 23.2 Å². The van der Waals surface area contributed by atoms with Gasteiger partial charge in [-0.05, 0) is 47.5 Å². The highest BCUT2D eigenvalue weighted by Gasteiger charge is 2.13. The zero-order valence-corrected chi connectivity index (χ0v) is 15.2. The summed E-state index contributed by atoms with van der Waals surface area (Å²) >= 11 is 3.45. The van der Waals surface area contributed by atoms with Gasteiger partial charge >= 0.3 is 0 Å². The van der Waals surface area contributed by atoms with Crippen LogP contribution in [-0.4, -0.2) is 23.4 Å². The summed E-state index contributed by atoms with van der Waals surface area (Å²) in [4.78, 5) is 14.5. The Morgan fingerprint density at radius 2 is 1.74 bits per heavy atom. The highest BCUT2D eigenvalue weighted by molar-refractivity contribution is 9.10.